The van der Waals surface area contributed by atoms with Crippen molar-refractivity contribution in [3.63, 3.8) is 0 Å². The zero-order valence-electron chi connectivity index (χ0n) is 11.5. The molecule has 0 saturated carbocycles. The molecule has 1 amide bonds. The van der Waals surface area contributed by atoms with Crippen LogP contribution in [0.1, 0.15) is 16.8 Å². The predicted octanol–water partition coefficient (Wildman–Crippen LogP) is 1.25. The first kappa shape index (κ1) is 14.2. The summed E-state index contributed by atoms with van der Waals surface area (Å²) in [6.45, 7) is 0.671. The quantitative estimate of drug-likeness (QED) is 0.897. The predicted molar refractivity (Wildman–Crippen MR) is 71.2 cm³/mol. The van der Waals surface area contributed by atoms with Crippen molar-refractivity contribution in [3.05, 3.63) is 23.8 Å². The van der Waals surface area contributed by atoms with Crippen molar-refractivity contribution < 1.29 is 24.2 Å². The van der Waals surface area contributed by atoms with Gasteiger partial charge in [0.1, 0.15) is 0 Å². The molecule has 1 aliphatic heterocycles. The number of hydrogen-bond acceptors (Lipinski definition) is 4. The van der Waals surface area contributed by atoms with Crippen LogP contribution in [0.5, 0.6) is 11.5 Å². The highest BCUT2D eigenvalue weighted by molar-refractivity contribution is 5.98. The number of ether oxygens (including phenoxy) is 2. The van der Waals surface area contributed by atoms with E-state index in [-0.39, 0.29) is 12.5 Å². The maximum atomic E-state index is 12.5. The molecule has 1 fully saturated rings. The van der Waals surface area contributed by atoms with Crippen LogP contribution in [0.3, 0.4) is 0 Å². The van der Waals surface area contributed by atoms with Crippen LogP contribution in [0.4, 0.5) is 0 Å². The number of carbonyl (C=O) groups excluding carboxylic acids is 1. The number of para-hydroxylation sites is 1. The van der Waals surface area contributed by atoms with E-state index >= 15 is 0 Å². The Morgan fingerprint density at radius 2 is 2.05 bits per heavy atom. The summed E-state index contributed by atoms with van der Waals surface area (Å²) in [5.41, 5.74) is 0.387. The van der Waals surface area contributed by atoms with Crippen LogP contribution in [0.25, 0.3) is 0 Å². The van der Waals surface area contributed by atoms with Gasteiger partial charge >= 0.3 is 5.97 Å². The van der Waals surface area contributed by atoms with Gasteiger partial charge < -0.3 is 19.5 Å². The van der Waals surface area contributed by atoms with E-state index in [9.17, 15) is 9.59 Å². The molecule has 0 radical (unpaired) electrons. The Morgan fingerprint density at radius 3 is 2.60 bits per heavy atom. The fourth-order valence-electron chi connectivity index (χ4n) is 2.37. The van der Waals surface area contributed by atoms with Gasteiger partial charge in [0.05, 0.1) is 25.7 Å². The summed E-state index contributed by atoms with van der Waals surface area (Å²) in [5.74, 6) is -0.732. The second-order valence-corrected chi connectivity index (χ2v) is 4.62. The van der Waals surface area contributed by atoms with E-state index in [0.29, 0.717) is 30.0 Å². The van der Waals surface area contributed by atoms with Gasteiger partial charge in [-0.25, -0.2) is 0 Å². The van der Waals surface area contributed by atoms with Gasteiger partial charge in [-0.15, -0.1) is 0 Å². The van der Waals surface area contributed by atoms with Crippen LogP contribution < -0.4 is 9.47 Å². The topological polar surface area (TPSA) is 76.1 Å². The second-order valence-electron chi connectivity index (χ2n) is 4.62. The van der Waals surface area contributed by atoms with Gasteiger partial charge in [0.15, 0.2) is 11.5 Å². The molecular formula is C14H17NO5. The van der Waals surface area contributed by atoms with Crippen molar-refractivity contribution in [1.29, 1.82) is 0 Å². The van der Waals surface area contributed by atoms with Gasteiger partial charge in [-0.2, -0.15) is 0 Å². The Bertz CT molecular complexity index is 528. The molecule has 1 aromatic rings. The molecule has 0 aliphatic carbocycles. The molecule has 1 aliphatic rings. The van der Waals surface area contributed by atoms with Crippen LogP contribution >= 0.6 is 0 Å². The third-order valence-electron chi connectivity index (χ3n) is 3.46. The monoisotopic (exact) mass is 279 g/mol. The fourth-order valence-corrected chi connectivity index (χ4v) is 2.37. The molecule has 108 valence electrons. The van der Waals surface area contributed by atoms with Crippen LogP contribution in [-0.4, -0.2) is 49.2 Å². The molecule has 20 heavy (non-hydrogen) atoms. The summed E-state index contributed by atoms with van der Waals surface area (Å²) < 4.78 is 10.4. The highest BCUT2D eigenvalue weighted by atomic mass is 16.5. The maximum Gasteiger partial charge on any atom is 0.308 e. The Kier molecular flexibility index (Phi) is 4.12. The van der Waals surface area contributed by atoms with E-state index < -0.39 is 11.9 Å². The third kappa shape index (κ3) is 2.54. The summed E-state index contributed by atoms with van der Waals surface area (Å²) in [4.78, 5) is 24.9. The number of amides is 1. The molecule has 6 nitrogen and oxygen atoms in total. The van der Waals surface area contributed by atoms with Crippen LogP contribution in [-0.2, 0) is 4.79 Å². The van der Waals surface area contributed by atoms with Crippen LogP contribution in [0, 0.1) is 5.92 Å². The zero-order chi connectivity index (χ0) is 14.7. The SMILES string of the molecule is COc1cccc(C(=O)N2CCC(C(=O)O)C2)c1OC. The number of nitrogens with zero attached hydrogens (tertiary/aromatic N) is 1. The highest BCUT2D eigenvalue weighted by Crippen LogP contribution is 2.32. The number of aliphatic carboxylic acids is 1. The lowest BCUT2D eigenvalue weighted by molar-refractivity contribution is -0.141. The molecule has 1 saturated heterocycles. The average molecular weight is 279 g/mol. The number of benzene rings is 1. The highest BCUT2D eigenvalue weighted by Gasteiger charge is 2.32. The first-order valence-electron chi connectivity index (χ1n) is 6.31. The summed E-state index contributed by atoms with van der Waals surface area (Å²) in [6, 6.07) is 5.07. The van der Waals surface area contributed by atoms with E-state index in [0.717, 1.165) is 0 Å². The molecular weight excluding hydrogens is 262 g/mol. The van der Waals surface area contributed by atoms with E-state index in [4.69, 9.17) is 14.6 Å². The molecule has 1 N–H and O–H groups in total. The zero-order valence-corrected chi connectivity index (χ0v) is 11.5. The standard InChI is InChI=1S/C14H17NO5/c1-19-11-5-3-4-10(12(11)20-2)13(16)15-7-6-9(8-15)14(17)18/h3-5,9H,6-8H2,1-2H3,(H,17,18). The van der Waals surface area contributed by atoms with Crippen molar-refractivity contribution in [1.82, 2.24) is 4.90 Å². The number of hydrogen-bond donors (Lipinski definition) is 1. The first-order valence-corrected chi connectivity index (χ1v) is 6.31. The van der Waals surface area contributed by atoms with Gasteiger partial charge in [-0.3, -0.25) is 9.59 Å². The lowest BCUT2D eigenvalue weighted by atomic mass is 10.1. The van der Waals surface area contributed by atoms with Crippen molar-refractivity contribution in [2.75, 3.05) is 27.3 Å². The van der Waals surface area contributed by atoms with Gasteiger partial charge in [-0.1, -0.05) is 6.07 Å². The van der Waals surface area contributed by atoms with Crippen LogP contribution in [0.2, 0.25) is 0 Å². The third-order valence-corrected chi connectivity index (χ3v) is 3.46. The number of rotatable bonds is 4. The normalized spacial score (nSPS) is 17.9. The molecule has 0 aromatic heterocycles. The lowest BCUT2D eigenvalue weighted by Gasteiger charge is -2.18. The van der Waals surface area contributed by atoms with Crippen molar-refractivity contribution >= 4 is 11.9 Å². The van der Waals surface area contributed by atoms with E-state index in [1.165, 1.54) is 19.1 Å². The van der Waals surface area contributed by atoms with Gasteiger partial charge in [-0.05, 0) is 18.6 Å². The van der Waals surface area contributed by atoms with Gasteiger partial charge in [0.2, 0.25) is 0 Å². The number of carboxylic acids is 1. The maximum absolute atomic E-state index is 12.5. The van der Waals surface area contributed by atoms with Crippen molar-refractivity contribution in [2.45, 2.75) is 6.42 Å². The van der Waals surface area contributed by atoms with E-state index in [1.807, 2.05) is 0 Å². The molecule has 0 spiro atoms. The number of methoxy groups -OCH3 is 2. The number of likely N-dealkylation sites (tertiary alicyclic amines) is 1. The van der Waals surface area contributed by atoms with E-state index in [1.54, 1.807) is 18.2 Å². The number of carboxylic acid groups (broad SMARTS) is 1. The largest absolute Gasteiger partial charge is 0.493 e. The minimum absolute atomic E-state index is 0.231. The summed E-state index contributed by atoms with van der Waals surface area (Å²) in [7, 11) is 2.97. The minimum Gasteiger partial charge on any atom is -0.493 e. The minimum atomic E-state index is -0.863. The molecule has 1 atom stereocenters. The first-order chi connectivity index (χ1) is 9.58. The number of carbonyl (C=O) groups is 2. The Morgan fingerprint density at radius 1 is 1.30 bits per heavy atom. The summed E-state index contributed by atoms with van der Waals surface area (Å²) in [5, 5.41) is 8.98. The van der Waals surface area contributed by atoms with E-state index in [2.05, 4.69) is 0 Å². The molecule has 6 heteroatoms. The molecule has 1 heterocycles. The average Bonchev–Trinajstić information content (AvgIpc) is 2.95. The Balaban J connectivity index is 2.24. The summed E-state index contributed by atoms with van der Waals surface area (Å²) in [6.07, 6.45) is 0.480. The molecule has 1 unspecified atom stereocenters. The second kappa shape index (κ2) is 5.81. The summed E-state index contributed by atoms with van der Waals surface area (Å²) >= 11 is 0. The van der Waals surface area contributed by atoms with Gasteiger partial charge in [0, 0.05) is 13.1 Å². The molecule has 2 rings (SSSR count). The molecule has 1 aromatic carbocycles. The lowest BCUT2D eigenvalue weighted by Crippen LogP contribution is -2.30. The van der Waals surface area contributed by atoms with Crippen molar-refractivity contribution in [3.8, 4) is 11.5 Å². The van der Waals surface area contributed by atoms with Crippen LogP contribution in [0.15, 0.2) is 18.2 Å². The van der Waals surface area contributed by atoms with Gasteiger partial charge in [0.25, 0.3) is 5.91 Å². The smallest absolute Gasteiger partial charge is 0.308 e. The Labute approximate surface area is 116 Å². The Hall–Kier alpha value is -2.24. The van der Waals surface area contributed by atoms with Crippen molar-refractivity contribution in [2.24, 2.45) is 5.92 Å². The fraction of sp³-hybridized carbons (Fsp3) is 0.429. The molecule has 0 bridgehead atoms.